The van der Waals surface area contributed by atoms with E-state index < -0.39 is 0 Å². The number of hydrogen-bond acceptors (Lipinski definition) is 3. The van der Waals surface area contributed by atoms with Gasteiger partial charge in [-0.05, 0) is 42.5 Å². The molecule has 24 heavy (non-hydrogen) atoms. The number of aryl methyl sites for hydroxylation is 1. The Hall–Kier alpha value is -2.33. The van der Waals surface area contributed by atoms with Crippen molar-refractivity contribution in [3.8, 4) is 0 Å². The first-order chi connectivity index (χ1) is 11.6. The fraction of sp³-hybridized carbons (Fsp3) is 0.263. The second kappa shape index (κ2) is 5.64. The Morgan fingerprint density at radius 3 is 2.67 bits per heavy atom. The summed E-state index contributed by atoms with van der Waals surface area (Å²) in [6, 6.07) is 11.4. The van der Waals surface area contributed by atoms with E-state index in [9.17, 15) is 10.1 Å². The Bertz CT molecular complexity index is 845. The molecule has 0 spiro atoms. The Balaban J connectivity index is 1.86. The van der Waals surface area contributed by atoms with Gasteiger partial charge in [-0.1, -0.05) is 42.0 Å². The normalized spacial score (nSPS) is 24.2. The summed E-state index contributed by atoms with van der Waals surface area (Å²) in [5, 5.41) is 15.8. The van der Waals surface area contributed by atoms with E-state index in [2.05, 4.69) is 17.5 Å². The summed E-state index contributed by atoms with van der Waals surface area (Å²) in [7, 11) is 0. The number of allylic oxidation sites excluding steroid dienone is 2. The van der Waals surface area contributed by atoms with Gasteiger partial charge in [0.1, 0.15) is 0 Å². The number of nitro benzene ring substituents is 1. The van der Waals surface area contributed by atoms with Crippen LogP contribution in [0.4, 0.5) is 11.4 Å². The lowest BCUT2D eigenvalue weighted by Gasteiger charge is -2.38. The Morgan fingerprint density at radius 1 is 1.21 bits per heavy atom. The summed E-state index contributed by atoms with van der Waals surface area (Å²) >= 11 is 6.02. The molecular formula is C19H17ClN2O2. The van der Waals surface area contributed by atoms with Crippen LogP contribution in [-0.2, 0) is 0 Å². The van der Waals surface area contributed by atoms with Gasteiger partial charge in [0.25, 0.3) is 5.69 Å². The summed E-state index contributed by atoms with van der Waals surface area (Å²) in [6.45, 7) is 1.99. The van der Waals surface area contributed by atoms with Crippen molar-refractivity contribution in [2.45, 2.75) is 25.3 Å². The largest absolute Gasteiger partial charge is 0.377 e. The van der Waals surface area contributed by atoms with Gasteiger partial charge in [0.05, 0.1) is 16.5 Å². The Kier molecular flexibility index (Phi) is 3.57. The van der Waals surface area contributed by atoms with Crippen LogP contribution in [0, 0.1) is 23.0 Å². The molecule has 0 aromatic heterocycles. The first-order valence-corrected chi connectivity index (χ1v) is 8.40. The highest BCUT2D eigenvalue weighted by Crippen LogP contribution is 2.53. The molecule has 3 atom stereocenters. The molecular weight excluding hydrogens is 324 g/mol. The second-order valence-electron chi connectivity index (χ2n) is 6.47. The van der Waals surface area contributed by atoms with Crippen LogP contribution >= 0.6 is 11.6 Å². The van der Waals surface area contributed by atoms with Gasteiger partial charge in [0.2, 0.25) is 0 Å². The highest BCUT2D eigenvalue weighted by atomic mass is 35.5. The summed E-state index contributed by atoms with van der Waals surface area (Å²) in [6.07, 6.45) is 5.18. The molecule has 1 aliphatic carbocycles. The molecule has 4 rings (SSSR count). The maximum atomic E-state index is 11.5. The molecule has 0 amide bonds. The predicted octanol–water partition coefficient (Wildman–Crippen LogP) is 5.38. The van der Waals surface area contributed by atoms with Crippen molar-refractivity contribution in [3.63, 3.8) is 0 Å². The number of nitrogens with zero attached hydrogens (tertiary/aromatic N) is 1. The fourth-order valence-corrected chi connectivity index (χ4v) is 4.12. The quantitative estimate of drug-likeness (QED) is 0.453. The van der Waals surface area contributed by atoms with E-state index in [1.54, 1.807) is 6.07 Å². The molecule has 0 saturated heterocycles. The first kappa shape index (κ1) is 15.2. The van der Waals surface area contributed by atoms with Crippen LogP contribution in [0.15, 0.2) is 48.6 Å². The molecule has 122 valence electrons. The van der Waals surface area contributed by atoms with E-state index in [4.69, 9.17) is 11.6 Å². The smallest absolute Gasteiger partial charge is 0.275 e. The van der Waals surface area contributed by atoms with Crippen molar-refractivity contribution < 1.29 is 4.92 Å². The molecule has 1 heterocycles. The van der Waals surface area contributed by atoms with Crippen LogP contribution in [0.5, 0.6) is 0 Å². The Morgan fingerprint density at radius 2 is 1.96 bits per heavy atom. The molecule has 2 aliphatic rings. The lowest BCUT2D eigenvalue weighted by molar-refractivity contribution is -0.385. The molecule has 1 aliphatic heterocycles. The minimum atomic E-state index is -0.272. The van der Waals surface area contributed by atoms with Gasteiger partial charge in [-0.25, -0.2) is 0 Å². The summed E-state index contributed by atoms with van der Waals surface area (Å²) in [4.78, 5) is 11.2. The van der Waals surface area contributed by atoms with E-state index in [0.29, 0.717) is 5.02 Å². The molecule has 0 fully saturated rings. The summed E-state index contributed by atoms with van der Waals surface area (Å²) in [5.74, 6) is 0.349. The van der Waals surface area contributed by atoms with E-state index >= 15 is 0 Å². The predicted molar refractivity (Wildman–Crippen MR) is 95.6 cm³/mol. The van der Waals surface area contributed by atoms with Crippen LogP contribution in [0.2, 0.25) is 5.02 Å². The van der Waals surface area contributed by atoms with E-state index in [0.717, 1.165) is 28.8 Å². The lowest BCUT2D eigenvalue weighted by Crippen LogP contribution is -2.30. The number of hydrogen-bond donors (Lipinski definition) is 1. The van der Waals surface area contributed by atoms with Gasteiger partial charge in [-0.15, -0.1) is 0 Å². The van der Waals surface area contributed by atoms with Crippen molar-refractivity contribution in [2.75, 3.05) is 5.32 Å². The van der Waals surface area contributed by atoms with Crippen molar-refractivity contribution in [3.05, 3.63) is 80.4 Å². The molecule has 2 aromatic rings. The highest BCUT2D eigenvalue weighted by Gasteiger charge is 2.42. The van der Waals surface area contributed by atoms with Crippen molar-refractivity contribution in [2.24, 2.45) is 5.92 Å². The zero-order valence-electron chi connectivity index (χ0n) is 13.2. The zero-order chi connectivity index (χ0) is 16.8. The number of anilines is 1. The first-order valence-electron chi connectivity index (χ1n) is 8.03. The number of benzene rings is 2. The standard InChI is InChI=1S/C19H17ClN2O2/c1-11-5-10-16(22(23)24)17-14-3-2-4-15(14)19(21-18(11)17)12-6-8-13(20)9-7-12/h2-3,5-10,14-15,19,21H,4H2,1H3/t14-,15+,19-/m1/s1. The third-order valence-electron chi connectivity index (χ3n) is 5.13. The van der Waals surface area contributed by atoms with Gasteiger partial charge >= 0.3 is 0 Å². The maximum Gasteiger partial charge on any atom is 0.275 e. The van der Waals surface area contributed by atoms with Crippen LogP contribution in [0.1, 0.15) is 35.1 Å². The van der Waals surface area contributed by atoms with Crippen LogP contribution in [0.3, 0.4) is 0 Å². The van der Waals surface area contributed by atoms with Gasteiger partial charge < -0.3 is 5.32 Å². The van der Waals surface area contributed by atoms with Crippen molar-refractivity contribution in [1.29, 1.82) is 0 Å². The molecule has 5 heteroatoms. The molecule has 0 radical (unpaired) electrons. The summed E-state index contributed by atoms with van der Waals surface area (Å²) < 4.78 is 0. The van der Waals surface area contributed by atoms with Crippen molar-refractivity contribution >= 4 is 23.0 Å². The molecule has 2 aromatic carbocycles. The average molecular weight is 341 g/mol. The van der Waals surface area contributed by atoms with Crippen LogP contribution in [0.25, 0.3) is 0 Å². The summed E-state index contributed by atoms with van der Waals surface area (Å²) in [5.41, 5.74) is 4.13. The molecule has 0 unspecified atom stereocenters. The van der Waals surface area contributed by atoms with E-state index in [1.807, 2.05) is 37.3 Å². The molecule has 1 N–H and O–H groups in total. The van der Waals surface area contributed by atoms with E-state index in [1.165, 1.54) is 0 Å². The number of nitrogens with one attached hydrogen (secondary N) is 1. The van der Waals surface area contributed by atoms with Crippen LogP contribution in [-0.4, -0.2) is 4.92 Å². The minimum absolute atomic E-state index is 0.0715. The monoisotopic (exact) mass is 340 g/mol. The third-order valence-corrected chi connectivity index (χ3v) is 5.38. The maximum absolute atomic E-state index is 11.5. The lowest BCUT2D eigenvalue weighted by atomic mass is 9.76. The van der Waals surface area contributed by atoms with Gasteiger partial charge in [-0.3, -0.25) is 10.1 Å². The topological polar surface area (TPSA) is 55.2 Å². The second-order valence-corrected chi connectivity index (χ2v) is 6.91. The third kappa shape index (κ3) is 2.29. The number of fused-ring (bicyclic) bond motifs is 3. The minimum Gasteiger partial charge on any atom is -0.377 e. The van der Waals surface area contributed by atoms with Crippen LogP contribution < -0.4 is 5.32 Å². The van der Waals surface area contributed by atoms with Gasteiger partial charge in [0, 0.05) is 22.7 Å². The van der Waals surface area contributed by atoms with Gasteiger partial charge in [0.15, 0.2) is 0 Å². The number of rotatable bonds is 2. The SMILES string of the molecule is Cc1ccc([N+](=O)[O-])c2c1N[C@H](c1ccc(Cl)cc1)[C@H]1CC=C[C@@H]21. The molecule has 4 nitrogen and oxygen atoms in total. The Labute approximate surface area is 145 Å². The van der Waals surface area contributed by atoms with Crippen molar-refractivity contribution in [1.82, 2.24) is 0 Å². The zero-order valence-corrected chi connectivity index (χ0v) is 14.0. The molecule has 0 saturated carbocycles. The molecule has 0 bridgehead atoms. The van der Waals surface area contributed by atoms with E-state index in [-0.39, 0.29) is 28.5 Å². The number of halogens is 1. The average Bonchev–Trinajstić information content (AvgIpc) is 3.05. The highest BCUT2D eigenvalue weighted by molar-refractivity contribution is 6.30. The number of nitro groups is 1. The fourth-order valence-electron chi connectivity index (χ4n) is 3.99. The van der Waals surface area contributed by atoms with Gasteiger partial charge in [-0.2, -0.15) is 0 Å².